The van der Waals surface area contributed by atoms with Gasteiger partial charge in [0.1, 0.15) is 6.04 Å². The molecule has 0 fully saturated rings. The number of anilines is 1. The lowest BCUT2D eigenvalue weighted by molar-refractivity contribution is -0.134. The van der Waals surface area contributed by atoms with Gasteiger partial charge in [0.05, 0.1) is 25.1 Å². The Labute approximate surface area is 220 Å². The fraction of sp³-hybridized carbons (Fsp3) is 0.250. The molecule has 1 aliphatic rings. The third-order valence-corrected chi connectivity index (χ3v) is 6.53. The zero-order valence-corrected chi connectivity index (χ0v) is 21.1. The molecule has 0 aliphatic carbocycles. The second-order valence-electron chi connectivity index (χ2n) is 9.29. The van der Waals surface area contributed by atoms with Crippen molar-refractivity contribution in [3.8, 4) is 0 Å². The first-order valence-corrected chi connectivity index (χ1v) is 12.6. The van der Waals surface area contributed by atoms with E-state index in [1.807, 2.05) is 48.0 Å². The van der Waals surface area contributed by atoms with Crippen LogP contribution in [0.3, 0.4) is 0 Å². The molecule has 5 rings (SSSR count). The molecule has 1 aliphatic heterocycles. The molecule has 2 aromatic heterocycles. The molecule has 3 amide bonds. The number of nitrogens with zero attached hydrogens (tertiary/aromatic N) is 4. The van der Waals surface area contributed by atoms with E-state index in [-0.39, 0.29) is 30.0 Å². The summed E-state index contributed by atoms with van der Waals surface area (Å²) < 4.78 is 1.96. The molecule has 10 heteroatoms. The summed E-state index contributed by atoms with van der Waals surface area (Å²) in [5, 5.41) is 12.9. The molecule has 4 aromatic rings. The summed E-state index contributed by atoms with van der Waals surface area (Å²) in [5.74, 6) is -0.810. The minimum atomic E-state index is -0.650. The van der Waals surface area contributed by atoms with Gasteiger partial charge in [0.25, 0.3) is 11.8 Å². The Balaban J connectivity index is 1.22. The van der Waals surface area contributed by atoms with Gasteiger partial charge in [-0.15, -0.1) is 0 Å². The zero-order valence-electron chi connectivity index (χ0n) is 21.1. The second kappa shape index (κ2) is 11.1. The maximum atomic E-state index is 13.4. The molecule has 10 nitrogen and oxygen atoms in total. The monoisotopic (exact) mass is 511 g/mol. The Kier molecular flexibility index (Phi) is 7.30. The van der Waals surface area contributed by atoms with Crippen LogP contribution in [0, 0.1) is 0 Å². The van der Waals surface area contributed by atoms with Crippen LogP contribution in [0.2, 0.25) is 0 Å². The summed E-state index contributed by atoms with van der Waals surface area (Å²) in [5.41, 5.74) is 3.92. The predicted octanol–water partition coefficient (Wildman–Crippen LogP) is 3.35. The molecule has 1 atom stereocenters. The number of amides is 3. The summed E-state index contributed by atoms with van der Waals surface area (Å²) in [6.45, 7) is 3.21. The van der Waals surface area contributed by atoms with Crippen LogP contribution in [0.1, 0.15) is 57.4 Å². The van der Waals surface area contributed by atoms with Crippen molar-refractivity contribution >= 4 is 23.4 Å². The van der Waals surface area contributed by atoms with Crippen LogP contribution in [0.5, 0.6) is 0 Å². The first kappa shape index (κ1) is 24.9. The van der Waals surface area contributed by atoms with Crippen molar-refractivity contribution in [2.75, 3.05) is 5.32 Å². The summed E-state index contributed by atoms with van der Waals surface area (Å²) >= 11 is 0. The smallest absolute Gasteiger partial charge is 0.276 e. The lowest BCUT2D eigenvalue weighted by Crippen LogP contribution is -2.47. The minimum Gasteiger partial charge on any atom is -0.340 e. The van der Waals surface area contributed by atoms with Crippen LogP contribution in [0.15, 0.2) is 73.3 Å². The zero-order chi connectivity index (χ0) is 26.5. The Hall–Kier alpha value is -4.73. The topological polar surface area (TPSA) is 125 Å². The van der Waals surface area contributed by atoms with E-state index < -0.39 is 6.04 Å². The van der Waals surface area contributed by atoms with Gasteiger partial charge in [-0.25, -0.2) is 4.98 Å². The molecule has 0 saturated carbocycles. The van der Waals surface area contributed by atoms with Crippen molar-refractivity contribution in [3.63, 3.8) is 0 Å². The summed E-state index contributed by atoms with van der Waals surface area (Å²) in [4.78, 5) is 44.8. The molecule has 0 spiro atoms. The summed E-state index contributed by atoms with van der Waals surface area (Å²) in [6.07, 6.45) is 6.63. The van der Waals surface area contributed by atoms with Gasteiger partial charge >= 0.3 is 0 Å². The third kappa shape index (κ3) is 5.49. The highest BCUT2D eigenvalue weighted by Gasteiger charge is 2.34. The van der Waals surface area contributed by atoms with E-state index in [0.29, 0.717) is 36.3 Å². The van der Waals surface area contributed by atoms with Gasteiger partial charge in [-0.05, 0) is 36.2 Å². The number of aromatic nitrogens is 4. The number of benzene rings is 2. The number of fused-ring (bicyclic) bond motifs is 1. The molecule has 194 valence electrons. The number of H-pyrrole nitrogens is 1. The average Bonchev–Trinajstić information content (AvgIpc) is 3.68. The molecular formula is C28H29N7O3. The molecule has 0 bridgehead atoms. The number of carbonyl (C=O) groups is 3. The van der Waals surface area contributed by atoms with E-state index in [2.05, 4.69) is 25.8 Å². The molecule has 3 heterocycles. The van der Waals surface area contributed by atoms with Crippen molar-refractivity contribution in [3.05, 3.63) is 101 Å². The van der Waals surface area contributed by atoms with E-state index in [1.165, 1.54) is 0 Å². The first-order valence-electron chi connectivity index (χ1n) is 12.6. The number of aromatic amines is 1. The Bertz CT molecular complexity index is 1410. The Morgan fingerprint density at radius 2 is 1.82 bits per heavy atom. The van der Waals surface area contributed by atoms with Crippen LogP contribution in [0.4, 0.5) is 5.69 Å². The van der Waals surface area contributed by atoms with Crippen LogP contribution in [0.25, 0.3) is 0 Å². The number of rotatable bonds is 9. The molecular weight excluding hydrogens is 482 g/mol. The maximum Gasteiger partial charge on any atom is 0.276 e. The Morgan fingerprint density at radius 1 is 1.03 bits per heavy atom. The molecule has 0 saturated heterocycles. The van der Waals surface area contributed by atoms with E-state index in [9.17, 15) is 14.4 Å². The number of imidazole rings is 1. The van der Waals surface area contributed by atoms with Crippen molar-refractivity contribution < 1.29 is 14.4 Å². The molecule has 38 heavy (non-hydrogen) atoms. The third-order valence-electron chi connectivity index (χ3n) is 6.53. The van der Waals surface area contributed by atoms with Gasteiger partial charge in [-0.1, -0.05) is 43.7 Å². The van der Waals surface area contributed by atoms with E-state index in [4.69, 9.17) is 0 Å². The number of hydrogen-bond acceptors (Lipinski definition) is 5. The van der Waals surface area contributed by atoms with Crippen LogP contribution < -0.4 is 10.6 Å². The fourth-order valence-electron chi connectivity index (χ4n) is 4.56. The van der Waals surface area contributed by atoms with Crippen molar-refractivity contribution in [1.29, 1.82) is 0 Å². The standard InChI is InChI=1S/C28H29N7O3/c1-2-6-23(31-26(36)20-7-4-3-5-8-20)28(38)35-16-22-24(17-35)32-33-25(22)27(37)30-21-11-9-19(10-12-21)15-34-14-13-29-18-34/h3-5,7-14,18,23H,2,6,15-17H2,1H3,(H,30,37)(H,31,36)(H,32,33). The quantitative estimate of drug-likeness (QED) is 0.318. The van der Waals surface area contributed by atoms with Crippen molar-refractivity contribution in [1.82, 2.24) is 30.0 Å². The highest BCUT2D eigenvalue weighted by molar-refractivity contribution is 6.04. The van der Waals surface area contributed by atoms with Crippen LogP contribution >= 0.6 is 0 Å². The molecule has 3 N–H and O–H groups in total. The van der Waals surface area contributed by atoms with Crippen molar-refractivity contribution in [2.24, 2.45) is 0 Å². The number of carbonyl (C=O) groups excluding carboxylic acids is 3. The van der Waals surface area contributed by atoms with Gasteiger partial charge in [0, 0.05) is 35.8 Å². The Morgan fingerprint density at radius 3 is 2.53 bits per heavy atom. The largest absolute Gasteiger partial charge is 0.340 e. The SMILES string of the molecule is CCCC(NC(=O)c1ccccc1)C(=O)N1Cc2[nH]nc(C(=O)Nc3ccc(Cn4ccnc4)cc3)c2C1. The lowest BCUT2D eigenvalue weighted by Gasteiger charge is -2.24. The van der Waals surface area contributed by atoms with E-state index in [1.54, 1.807) is 41.7 Å². The fourth-order valence-corrected chi connectivity index (χ4v) is 4.56. The van der Waals surface area contributed by atoms with Gasteiger partial charge in [0.15, 0.2) is 5.69 Å². The van der Waals surface area contributed by atoms with Gasteiger partial charge in [-0.3, -0.25) is 19.5 Å². The highest BCUT2D eigenvalue weighted by Crippen LogP contribution is 2.26. The highest BCUT2D eigenvalue weighted by atomic mass is 16.2. The normalized spacial score (nSPS) is 13.1. The number of nitrogens with one attached hydrogen (secondary N) is 3. The lowest BCUT2D eigenvalue weighted by atomic mass is 10.1. The average molecular weight is 512 g/mol. The second-order valence-corrected chi connectivity index (χ2v) is 9.29. The molecule has 0 radical (unpaired) electrons. The van der Waals surface area contributed by atoms with Gasteiger partial charge in [0.2, 0.25) is 5.91 Å². The van der Waals surface area contributed by atoms with Crippen LogP contribution in [-0.4, -0.2) is 48.4 Å². The van der Waals surface area contributed by atoms with Crippen LogP contribution in [-0.2, 0) is 24.4 Å². The molecule has 1 unspecified atom stereocenters. The van der Waals surface area contributed by atoms with Crippen molar-refractivity contribution in [2.45, 2.75) is 45.4 Å². The van der Waals surface area contributed by atoms with Gasteiger partial charge in [-0.2, -0.15) is 5.10 Å². The van der Waals surface area contributed by atoms with Gasteiger partial charge < -0.3 is 20.1 Å². The summed E-state index contributed by atoms with van der Waals surface area (Å²) in [6, 6.07) is 15.8. The summed E-state index contributed by atoms with van der Waals surface area (Å²) in [7, 11) is 0. The van der Waals surface area contributed by atoms with E-state index >= 15 is 0 Å². The minimum absolute atomic E-state index is 0.180. The maximum absolute atomic E-state index is 13.4. The first-order chi connectivity index (χ1) is 18.5. The number of hydrogen-bond donors (Lipinski definition) is 3. The predicted molar refractivity (Wildman–Crippen MR) is 141 cm³/mol. The molecule has 2 aromatic carbocycles. The van der Waals surface area contributed by atoms with E-state index in [0.717, 1.165) is 17.7 Å².